The maximum atomic E-state index is 6.12. The van der Waals surface area contributed by atoms with Crippen LogP contribution >= 0.6 is 0 Å². The van der Waals surface area contributed by atoms with Gasteiger partial charge in [0, 0.05) is 0 Å². The Kier molecular flexibility index (Phi) is 9.31. The lowest BCUT2D eigenvalue weighted by Crippen LogP contribution is -2.25. The van der Waals surface area contributed by atoms with Crippen LogP contribution in [0.15, 0.2) is 40.8 Å². The van der Waals surface area contributed by atoms with Crippen molar-refractivity contribution >= 4 is 5.84 Å². The Morgan fingerprint density at radius 3 is 2.23 bits per heavy atom. The number of unbranched alkanes of at least 4 members (excludes halogenated alkanes) is 1. The van der Waals surface area contributed by atoms with Gasteiger partial charge in [-0.25, -0.2) is 4.99 Å². The van der Waals surface area contributed by atoms with Crippen molar-refractivity contribution in [2.75, 3.05) is 0 Å². The zero-order chi connectivity index (χ0) is 17.3. The molecule has 0 heterocycles. The number of hydrogen-bond donors (Lipinski definition) is 3. The van der Waals surface area contributed by atoms with Gasteiger partial charge in [0.1, 0.15) is 11.7 Å². The number of nitrogens with two attached hydrogens (primary N) is 3. The van der Waals surface area contributed by atoms with Gasteiger partial charge in [0.15, 0.2) is 0 Å². The average molecular weight is 306 g/mol. The largest absolute Gasteiger partial charge is 0.396 e. The summed E-state index contributed by atoms with van der Waals surface area (Å²) in [7, 11) is 0. The van der Waals surface area contributed by atoms with E-state index in [1.54, 1.807) is 0 Å². The van der Waals surface area contributed by atoms with Crippen molar-refractivity contribution in [2.24, 2.45) is 39.9 Å². The highest BCUT2D eigenvalue weighted by Crippen LogP contribution is 2.27. The molecule has 0 aromatic rings. The SMILES string of the molecule is C=CC(C(C)C)C(C)C/C(C)=C(N)/C(N)=N/C(N)=C/CCC. The van der Waals surface area contributed by atoms with Crippen molar-refractivity contribution in [1.82, 2.24) is 0 Å². The summed E-state index contributed by atoms with van der Waals surface area (Å²) < 4.78 is 0. The fourth-order valence-electron chi connectivity index (χ4n) is 2.65. The van der Waals surface area contributed by atoms with Gasteiger partial charge in [-0.3, -0.25) is 0 Å². The van der Waals surface area contributed by atoms with Crippen LogP contribution in [0.1, 0.15) is 53.9 Å². The molecule has 0 aliphatic heterocycles. The fraction of sp³-hybridized carbons (Fsp3) is 0.611. The first-order chi connectivity index (χ1) is 10.2. The number of allylic oxidation sites excluding steroid dienone is 3. The smallest absolute Gasteiger partial charge is 0.148 e. The normalized spacial score (nSPS) is 17.2. The summed E-state index contributed by atoms with van der Waals surface area (Å²) in [6.45, 7) is 14.7. The van der Waals surface area contributed by atoms with Crippen LogP contribution in [0.5, 0.6) is 0 Å². The predicted octanol–water partition coefficient (Wildman–Crippen LogP) is 3.66. The van der Waals surface area contributed by atoms with Gasteiger partial charge in [0.05, 0.1) is 5.70 Å². The molecular weight excluding hydrogens is 272 g/mol. The Balaban J connectivity index is 5.05. The quantitative estimate of drug-likeness (QED) is 0.345. The molecule has 4 nitrogen and oxygen atoms in total. The molecule has 0 bridgehead atoms. The van der Waals surface area contributed by atoms with Gasteiger partial charge in [-0.2, -0.15) is 0 Å². The molecule has 6 N–H and O–H groups in total. The van der Waals surface area contributed by atoms with Crippen molar-refractivity contribution in [3.8, 4) is 0 Å². The Morgan fingerprint density at radius 1 is 1.18 bits per heavy atom. The summed E-state index contributed by atoms with van der Waals surface area (Å²) >= 11 is 0. The summed E-state index contributed by atoms with van der Waals surface area (Å²) in [5.74, 6) is 2.19. The molecule has 126 valence electrons. The molecule has 0 aliphatic carbocycles. The van der Waals surface area contributed by atoms with Gasteiger partial charge >= 0.3 is 0 Å². The summed E-state index contributed by atoms with van der Waals surface area (Å²) in [5.41, 5.74) is 19.5. The van der Waals surface area contributed by atoms with Crippen LogP contribution in [-0.2, 0) is 0 Å². The number of amidine groups is 1. The summed E-state index contributed by atoms with van der Waals surface area (Å²) in [6.07, 6.45) is 6.68. The standard InChI is InChI=1S/C18H34N4/c1-7-9-10-16(19)22-18(21)17(20)14(6)11-13(5)15(8-2)12(3)4/h8,10,12-13,15H,2,7,9,11,19-20H2,1,3-6H3,(H2,21,22)/b16-10+,17-14-. The molecule has 0 radical (unpaired) electrons. The Morgan fingerprint density at radius 2 is 1.77 bits per heavy atom. The van der Waals surface area contributed by atoms with Crippen molar-refractivity contribution in [3.05, 3.63) is 35.8 Å². The molecule has 0 aliphatic rings. The van der Waals surface area contributed by atoms with E-state index in [9.17, 15) is 0 Å². The Bertz CT molecular complexity index is 444. The minimum absolute atomic E-state index is 0.300. The second-order valence-electron chi connectivity index (χ2n) is 6.35. The number of nitrogens with zero attached hydrogens (tertiary/aromatic N) is 1. The Hall–Kier alpha value is -1.71. The maximum Gasteiger partial charge on any atom is 0.148 e. The molecule has 2 unspecified atom stereocenters. The molecule has 22 heavy (non-hydrogen) atoms. The molecule has 0 aromatic heterocycles. The second kappa shape index (κ2) is 10.1. The van der Waals surface area contributed by atoms with Crippen LogP contribution in [0.2, 0.25) is 0 Å². The van der Waals surface area contributed by atoms with E-state index in [1.807, 2.05) is 19.1 Å². The highest BCUT2D eigenvalue weighted by molar-refractivity contribution is 5.97. The molecule has 0 saturated carbocycles. The highest BCUT2D eigenvalue weighted by Gasteiger charge is 2.19. The lowest BCUT2D eigenvalue weighted by atomic mass is 9.81. The van der Waals surface area contributed by atoms with E-state index < -0.39 is 0 Å². The van der Waals surface area contributed by atoms with E-state index in [4.69, 9.17) is 17.2 Å². The van der Waals surface area contributed by atoms with Crippen molar-refractivity contribution < 1.29 is 0 Å². The van der Waals surface area contributed by atoms with E-state index in [1.165, 1.54) is 0 Å². The van der Waals surface area contributed by atoms with Gasteiger partial charge in [0.2, 0.25) is 0 Å². The summed E-state index contributed by atoms with van der Waals surface area (Å²) in [5, 5.41) is 0. The Labute approximate surface area is 136 Å². The van der Waals surface area contributed by atoms with E-state index in [-0.39, 0.29) is 0 Å². The summed E-state index contributed by atoms with van der Waals surface area (Å²) in [6, 6.07) is 0. The molecule has 0 aromatic carbocycles. The van der Waals surface area contributed by atoms with Crippen molar-refractivity contribution in [2.45, 2.75) is 53.9 Å². The van der Waals surface area contributed by atoms with Gasteiger partial charge in [0.25, 0.3) is 0 Å². The first-order valence-electron chi connectivity index (χ1n) is 8.12. The zero-order valence-corrected chi connectivity index (χ0v) is 14.9. The number of hydrogen-bond acceptors (Lipinski definition) is 3. The third kappa shape index (κ3) is 6.83. The third-order valence-corrected chi connectivity index (χ3v) is 3.95. The number of rotatable bonds is 9. The molecule has 2 atom stereocenters. The van der Waals surface area contributed by atoms with E-state index >= 15 is 0 Å². The molecule has 4 heteroatoms. The van der Waals surface area contributed by atoms with E-state index in [2.05, 4.69) is 39.3 Å². The molecular formula is C18H34N4. The van der Waals surface area contributed by atoms with Gasteiger partial charge in [-0.1, -0.05) is 40.2 Å². The van der Waals surface area contributed by atoms with Crippen LogP contribution in [-0.4, -0.2) is 5.84 Å². The van der Waals surface area contributed by atoms with Crippen LogP contribution in [0.4, 0.5) is 0 Å². The molecule has 0 fully saturated rings. The topological polar surface area (TPSA) is 90.4 Å². The minimum Gasteiger partial charge on any atom is -0.396 e. The van der Waals surface area contributed by atoms with Gasteiger partial charge in [-0.05, 0) is 49.2 Å². The van der Waals surface area contributed by atoms with E-state index in [0.29, 0.717) is 35.1 Å². The first kappa shape index (κ1) is 20.3. The van der Waals surface area contributed by atoms with Crippen molar-refractivity contribution in [1.29, 1.82) is 0 Å². The summed E-state index contributed by atoms with van der Waals surface area (Å²) in [4.78, 5) is 4.17. The third-order valence-electron chi connectivity index (χ3n) is 3.95. The lowest BCUT2D eigenvalue weighted by Gasteiger charge is -2.25. The van der Waals surface area contributed by atoms with Crippen LogP contribution in [0.25, 0.3) is 0 Å². The predicted molar refractivity (Wildman–Crippen MR) is 98.0 cm³/mol. The highest BCUT2D eigenvalue weighted by atomic mass is 15.0. The van der Waals surface area contributed by atoms with Crippen molar-refractivity contribution in [3.63, 3.8) is 0 Å². The molecule has 0 saturated heterocycles. The minimum atomic E-state index is 0.300. The van der Waals surface area contributed by atoms with Gasteiger partial charge < -0.3 is 17.2 Å². The lowest BCUT2D eigenvalue weighted by molar-refractivity contribution is 0.331. The van der Waals surface area contributed by atoms with E-state index in [0.717, 1.165) is 24.8 Å². The zero-order valence-electron chi connectivity index (χ0n) is 14.9. The molecule has 0 rings (SSSR count). The maximum absolute atomic E-state index is 6.12. The molecule has 0 spiro atoms. The van der Waals surface area contributed by atoms with Crippen LogP contribution in [0.3, 0.4) is 0 Å². The first-order valence-corrected chi connectivity index (χ1v) is 8.12. The monoisotopic (exact) mass is 306 g/mol. The molecule has 0 amide bonds. The van der Waals surface area contributed by atoms with Gasteiger partial charge in [-0.15, -0.1) is 6.58 Å². The average Bonchev–Trinajstić information content (AvgIpc) is 2.44. The van der Waals surface area contributed by atoms with Crippen LogP contribution in [0, 0.1) is 17.8 Å². The van der Waals surface area contributed by atoms with Crippen LogP contribution < -0.4 is 17.2 Å². The second-order valence-corrected chi connectivity index (χ2v) is 6.35. The number of aliphatic imine (C=N–C) groups is 1. The fourth-order valence-corrected chi connectivity index (χ4v) is 2.65.